The lowest BCUT2D eigenvalue weighted by atomic mass is 10.1. The second kappa shape index (κ2) is 5.90. The van der Waals surface area contributed by atoms with Gasteiger partial charge in [0.05, 0.1) is 0 Å². The van der Waals surface area contributed by atoms with Crippen molar-refractivity contribution >= 4 is 6.29 Å². The standard InChI is InChI=1S/C13H13F3O4/c14-13(15,16)12(10-6-2-1-3-7-10)18-11(19-20-12)8-4-5-9-17/h1-3,6-7,9,11H,4-5,8H2. The average Bonchev–Trinajstić information content (AvgIpc) is 2.85. The highest BCUT2D eigenvalue weighted by molar-refractivity contribution is 5.48. The predicted octanol–water partition coefficient (Wildman–Crippen LogP) is 3.08. The Labute approximate surface area is 113 Å². The molecule has 1 fully saturated rings. The number of alkyl halides is 3. The average molecular weight is 290 g/mol. The summed E-state index contributed by atoms with van der Waals surface area (Å²) in [7, 11) is 0. The fourth-order valence-corrected chi connectivity index (χ4v) is 1.87. The molecule has 0 aliphatic carbocycles. The molecule has 1 aliphatic rings. The van der Waals surface area contributed by atoms with Crippen molar-refractivity contribution in [2.75, 3.05) is 0 Å². The smallest absolute Gasteiger partial charge is 0.304 e. The molecule has 2 unspecified atom stereocenters. The molecule has 0 N–H and O–H groups in total. The maximum absolute atomic E-state index is 13.3. The van der Waals surface area contributed by atoms with Gasteiger partial charge < -0.3 is 9.53 Å². The third-order valence-corrected chi connectivity index (χ3v) is 2.86. The highest BCUT2D eigenvalue weighted by Gasteiger charge is 2.65. The molecule has 0 radical (unpaired) electrons. The molecule has 0 aromatic heterocycles. The van der Waals surface area contributed by atoms with Gasteiger partial charge in [-0.1, -0.05) is 30.3 Å². The van der Waals surface area contributed by atoms with Gasteiger partial charge in [0.1, 0.15) is 6.29 Å². The van der Waals surface area contributed by atoms with E-state index in [1.807, 2.05) is 0 Å². The number of aldehydes is 1. The molecule has 1 aromatic carbocycles. The Bertz CT molecular complexity index is 449. The van der Waals surface area contributed by atoms with Crippen molar-refractivity contribution in [1.29, 1.82) is 0 Å². The Hall–Kier alpha value is -1.44. The zero-order valence-electron chi connectivity index (χ0n) is 10.4. The summed E-state index contributed by atoms with van der Waals surface area (Å²) in [6.07, 6.45) is -4.52. The van der Waals surface area contributed by atoms with Crippen LogP contribution < -0.4 is 0 Å². The van der Waals surface area contributed by atoms with E-state index in [4.69, 9.17) is 4.74 Å². The molecule has 110 valence electrons. The van der Waals surface area contributed by atoms with Crippen LogP contribution in [0.15, 0.2) is 30.3 Å². The highest BCUT2D eigenvalue weighted by Crippen LogP contribution is 2.48. The molecule has 0 spiro atoms. The van der Waals surface area contributed by atoms with Crippen LogP contribution in [-0.4, -0.2) is 18.8 Å². The first-order chi connectivity index (χ1) is 9.49. The number of carbonyl (C=O) groups is 1. The number of benzene rings is 1. The monoisotopic (exact) mass is 290 g/mol. The Morgan fingerprint density at radius 3 is 2.55 bits per heavy atom. The summed E-state index contributed by atoms with van der Waals surface area (Å²) < 4.78 is 44.8. The molecule has 2 rings (SSSR count). The molecule has 7 heteroatoms. The molecule has 1 saturated heterocycles. The van der Waals surface area contributed by atoms with Crippen molar-refractivity contribution in [1.82, 2.24) is 0 Å². The van der Waals surface area contributed by atoms with Gasteiger partial charge in [0, 0.05) is 18.4 Å². The van der Waals surface area contributed by atoms with Crippen LogP contribution in [-0.2, 0) is 25.1 Å². The molecular weight excluding hydrogens is 277 g/mol. The van der Waals surface area contributed by atoms with Crippen LogP contribution in [0.5, 0.6) is 0 Å². The fraction of sp³-hybridized carbons (Fsp3) is 0.462. The lowest BCUT2D eigenvalue weighted by Crippen LogP contribution is -2.43. The Balaban J connectivity index is 2.18. The number of ether oxygens (including phenoxy) is 1. The van der Waals surface area contributed by atoms with Crippen LogP contribution in [0.3, 0.4) is 0 Å². The summed E-state index contributed by atoms with van der Waals surface area (Å²) in [4.78, 5) is 19.3. The number of hydrogen-bond donors (Lipinski definition) is 0. The third kappa shape index (κ3) is 2.84. The van der Waals surface area contributed by atoms with Gasteiger partial charge in [-0.2, -0.15) is 18.1 Å². The summed E-state index contributed by atoms with van der Waals surface area (Å²) in [5, 5.41) is 0. The first-order valence-corrected chi connectivity index (χ1v) is 6.08. The van der Waals surface area contributed by atoms with Gasteiger partial charge in [-0.05, 0) is 6.42 Å². The van der Waals surface area contributed by atoms with E-state index in [9.17, 15) is 18.0 Å². The topological polar surface area (TPSA) is 44.8 Å². The van der Waals surface area contributed by atoms with Crippen molar-refractivity contribution in [3.05, 3.63) is 35.9 Å². The molecular formula is C13H13F3O4. The molecule has 2 atom stereocenters. The number of unbranched alkanes of at least 4 members (excludes halogenated alkanes) is 1. The van der Waals surface area contributed by atoms with Crippen molar-refractivity contribution in [2.45, 2.75) is 37.5 Å². The quantitative estimate of drug-likeness (QED) is 0.475. The minimum atomic E-state index is -4.78. The number of carbonyl (C=O) groups excluding carboxylic acids is 1. The second-order valence-corrected chi connectivity index (χ2v) is 4.30. The minimum absolute atomic E-state index is 0.142. The lowest BCUT2D eigenvalue weighted by molar-refractivity contribution is -0.419. The molecule has 1 heterocycles. The first kappa shape index (κ1) is 15.0. The van der Waals surface area contributed by atoms with Crippen molar-refractivity contribution in [3.63, 3.8) is 0 Å². The molecule has 0 amide bonds. The van der Waals surface area contributed by atoms with Gasteiger partial charge in [0.2, 0.25) is 0 Å². The predicted molar refractivity (Wildman–Crippen MR) is 61.1 cm³/mol. The van der Waals surface area contributed by atoms with Crippen LogP contribution in [0.2, 0.25) is 0 Å². The van der Waals surface area contributed by atoms with Gasteiger partial charge in [-0.3, -0.25) is 0 Å². The third-order valence-electron chi connectivity index (χ3n) is 2.86. The molecule has 0 bridgehead atoms. The van der Waals surface area contributed by atoms with E-state index in [-0.39, 0.29) is 18.4 Å². The number of rotatable bonds is 5. The van der Waals surface area contributed by atoms with E-state index in [0.29, 0.717) is 12.7 Å². The highest BCUT2D eigenvalue weighted by atomic mass is 19.4. The van der Waals surface area contributed by atoms with Crippen molar-refractivity contribution < 1.29 is 32.5 Å². The lowest BCUT2D eigenvalue weighted by Gasteiger charge is -2.27. The van der Waals surface area contributed by atoms with Crippen LogP contribution >= 0.6 is 0 Å². The zero-order valence-corrected chi connectivity index (χ0v) is 10.4. The van der Waals surface area contributed by atoms with E-state index >= 15 is 0 Å². The van der Waals surface area contributed by atoms with E-state index in [1.165, 1.54) is 24.3 Å². The van der Waals surface area contributed by atoms with Gasteiger partial charge in [0.25, 0.3) is 0 Å². The molecule has 20 heavy (non-hydrogen) atoms. The molecule has 1 aliphatic heterocycles. The first-order valence-electron chi connectivity index (χ1n) is 6.08. The second-order valence-electron chi connectivity index (χ2n) is 4.30. The van der Waals surface area contributed by atoms with Gasteiger partial charge in [-0.25, -0.2) is 4.89 Å². The van der Waals surface area contributed by atoms with Gasteiger partial charge >= 0.3 is 12.0 Å². The molecule has 1 aromatic rings. The number of hydrogen-bond acceptors (Lipinski definition) is 4. The van der Waals surface area contributed by atoms with Crippen molar-refractivity contribution in [2.24, 2.45) is 0 Å². The maximum Gasteiger partial charge on any atom is 0.451 e. The summed E-state index contributed by atoms with van der Waals surface area (Å²) in [5.74, 6) is -2.92. The van der Waals surface area contributed by atoms with E-state index in [1.54, 1.807) is 6.07 Å². The van der Waals surface area contributed by atoms with E-state index in [0.717, 1.165) is 0 Å². The summed E-state index contributed by atoms with van der Waals surface area (Å²) in [5.41, 5.74) is -0.189. The summed E-state index contributed by atoms with van der Waals surface area (Å²) >= 11 is 0. The van der Waals surface area contributed by atoms with Crippen LogP contribution in [0.25, 0.3) is 0 Å². The number of halogens is 3. The van der Waals surface area contributed by atoms with Crippen LogP contribution in [0, 0.1) is 0 Å². The van der Waals surface area contributed by atoms with Gasteiger partial charge in [0.15, 0.2) is 6.29 Å². The largest absolute Gasteiger partial charge is 0.451 e. The fourth-order valence-electron chi connectivity index (χ4n) is 1.87. The van der Waals surface area contributed by atoms with E-state index < -0.39 is 18.3 Å². The Morgan fingerprint density at radius 2 is 1.95 bits per heavy atom. The molecule has 0 saturated carbocycles. The minimum Gasteiger partial charge on any atom is -0.304 e. The van der Waals surface area contributed by atoms with E-state index in [2.05, 4.69) is 9.78 Å². The van der Waals surface area contributed by atoms with Gasteiger partial charge in [-0.15, -0.1) is 0 Å². The maximum atomic E-state index is 13.3. The molecule has 4 nitrogen and oxygen atoms in total. The SMILES string of the molecule is O=CCCCC1OOC(c2ccccc2)(C(F)(F)F)O1. The Morgan fingerprint density at radius 1 is 1.25 bits per heavy atom. The van der Waals surface area contributed by atoms with Crippen LogP contribution in [0.1, 0.15) is 24.8 Å². The van der Waals surface area contributed by atoms with Crippen LogP contribution in [0.4, 0.5) is 13.2 Å². The Kier molecular flexibility index (Phi) is 4.42. The zero-order chi connectivity index (χ0) is 14.6. The summed E-state index contributed by atoms with van der Waals surface area (Å²) in [6, 6.07) is 7.00. The normalized spacial score (nSPS) is 26.6. The van der Waals surface area contributed by atoms with Crippen molar-refractivity contribution in [3.8, 4) is 0 Å². The summed E-state index contributed by atoms with van der Waals surface area (Å²) in [6.45, 7) is 0.